The Morgan fingerprint density at radius 2 is 1.84 bits per heavy atom. The molecule has 1 fully saturated rings. The summed E-state index contributed by atoms with van der Waals surface area (Å²) in [5, 5.41) is 13.1. The molecule has 1 unspecified atom stereocenters. The Bertz CT molecular complexity index is 1430. The number of ether oxygens (including phenoxy) is 2. The van der Waals surface area contributed by atoms with Crippen molar-refractivity contribution in [3.63, 3.8) is 0 Å². The van der Waals surface area contributed by atoms with E-state index in [1.54, 1.807) is 11.0 Å². The standard InChI is InChI=1S/C27H25N5O5/c1-36-25-13-21(23(32(34)35)14-26(25)37-16-19-7-3-2-4-8-19)24-15-30(11-12-31(24)18-33)27-20-9-5-6-10-22(20)28-17-29-27/h2-10,13-14,17-18,24H,11-12,15-16H2,1H3. The molecule has 1 saturated heterocycles. The number of aromatic nitrogens is 2. The van der Waals surface area contributed by atoms with E-state index < -0.39 is 11.0 Å². The molecule has 1 atom stereocenters. The maximum Gasteiger partial charge on any atom is 0.278 e. The van der Waals surface area contributed by atoms with Gasteiger partial charge in [-0.25, -0.2) is 9.97 Å². The summed E-state index contributed by atoms with van der Waals surface area (Å²) < 4.78 is 11.4. The first-order valence-corrected chi connectivity index (χ1v) is 11.8. The third kappa shape index (κ3) is 4.86. The lowest BCUT2D eigenvalue weighted by molar-refractivity contribution is -0.386. The van der Waals surface area contributed by atoms with Crippen LogP contribution in [-0.2, 0) is 11.4 Å². The predicted octanol–water partition coefficient (Wildman–Crippen LogP) is 4.15. The first-order chi connectivity index (χ1) is 18.1. The second-order valence-electron chi connectivity index (χ2n) is 8.61. The molecule has 37 heavy (non-hydrogen) atoms. The van der Waals surface area contributed by atoms with Gasteiger partial charge in [0.05, 0.1) is 35.2 Å². The number of para-hydroxylation sites is 1. The van der Waals surface area contributed by atoms with Crippen molar-refractivity contribution in [2.45, 2.75) is 12.6 Å². The van der Waals surface area contributed by atoms with Gasteiger partial charge in [0.15, 0.2) is 11.5 Å². The first-order valence-electron chi connectivity index (χ1n) is 11.8. The molecule has 5 rings (SSSR count). The lowest BCUT2D eigenvalue weighted by atomic mass is 9.99. The third-order valence-electron chi connectivity index (χ3n) is 6.48. The number of piperazine rings is 1. The van der Waals surface area contributed by atoms with Gasteiger partial charge in [-0.3, -0.25) is 14.9 Å². The first kappa shape index (κ1) is 24.0. The average molecular weight is 500 g/mol. The van der Waals surface area contributed by atoms with Gasteiger partial charge in [0.2, 0.25) is 6.41 Å². The van der Waals surface area contributed by atoms with Crippen molar-refractivity contribution in [2.24, 2.45) is 0 Å². The Labute approximate surface area is 213 Å². The molecule has 10 heteroatoms. The lowest BCUT2D eigenvalue weighted by Crippen LogP contribution is -2.48. The van der Waals surface area contributed by atoms with Gasteiger partial charge in [0.1, 0.15) is 18.8 Å². The number of carbonyl (C=O) groups is 1. The fourth-order valence-electron chi connectivity index (χ4n) is 4.63. The summed E-state index contributed by atoms with van der Waals surface area (Å²) in [5.41, 5.74) is 1.94. The van der Waals surface area contributed by atoms with Crippen molar-refractivity contribution < 1.29 is 19.2 Å². The molecule has 0 radical (unpaired) electrons. The SMILES string of the molecule is COc1cc(C2CN(c3ncnc4ccccc34)CCN2C=O)c([N+](=O)[O-])cc1OCc1ccccc1. The zero-order valence-electron chi connectivity index (χ0n) is 20.2. The van der Waals surface area contributed by atoms with E-state index >= 15 is 0 Å². The summed E-state index contributed by atoms with van der Waals surface area (Å²) in [5.74, 6) is 1.33. The van der Waals surface area contributed by atoms with Gasteiger partial charge in [-0.2, -0.15) is 0 Å². The van der Waals surface area contributed by atoms with Gasteiger partial charge in [0.25, 0.3) is 5.69 Å². The summed E-state index contributed by atoms with van der Waals surface area (Å²) in [6.45, 7) is 1.44. The summed E-state index contributed by atoms with van der Waals surface area (Å²) >= 11 is 0. The minimum absolute atomic E-state index is 0.143. The number of hydrogen-bond acceptors (Lipinski definition) is 8. The van der Waals surface area contributed by atoms with Crippen molar-refractivity contribution in [2.75, 3.05) is 31.6 Å². The van der Waals surface area contributed by atoms with Gasteiger partial charge >= 0.3 is 0 Å². The monoisotopic (exact) mass is 499 g/mol. The molecule has 0 N–H and O–H groups in total. The van der Waals surface area contributed by atoms with Crippen LogP contribution in [0.2, 0.25) is 0 Å². The van der Waals surface area contributed by atoms with Gasteiger partial charge in [0, 0.05) is 25.0 Å². The number of nitro groups is 1. The molecule has 1 aromatic heterocycles. The number of hydrogen-bond donors (Lipinski definition) is 0. The maximum absolute atomic E-state index is 12.2. The van der Waals surface area contributed by atoms with Crippen LogP contribution in [0.3, 0.4) is 0 Å². The number of methoxy groups -OCH3 is 1. The summed E-state index contributed by atoms with van der Waals surface area (Å²) in [6, 6.07) is 19.5. The molecule has 0 spiro atoms. The summed E-state index contributed by atoms with van der Waals surface area (Å²) in [7, 11) is 1.48. The topological polar surface area (TPSA) is 111 Å². The molecular formula is C27H25N5O5. The van der Waals surface area contributed by atoms with E-state index in [1.165, 1.54) is 19.5 Å². The number of fused-ring (bicyclic) bond motifs is 1. The summed E-state index contributed by atoms with van der Waals surface area (Å²) in [4.78, 5) is 36.2. The van der Waals surface area contributed by atoms with Crippen molar-refractivity contribution in [3.05, 3.63) is 94.3 Å². The Balaban J connectivity index is 1.51. The molecule has 3 aromatic carbocycles. The van der Waals surface area contributed by atoms with Gasteiger partial charge in [-0.15, -0.1) is 0 Å². The Morgan fingerprint density at radius 1 is 1.05 bits per heavy atom. The smallest absolute Gasteiger partial charge is 0.278 e. The van der Waals surface area contributed by atoms with Crippen LogP contribution in [0.1, 0.15) is 17.2 Å². The highest BCUT2D eigenvalue weighted by Crippen LogP contribution is 2.41. The third-order valence-corrected chi connectivity index (χ3v) is 6.48. The molecule has 10 nitrogen and oxygen atoms in total. The molecule has 0 bridgehead atoms. The number of nitrogens with zero attached hydrogens (tertiary/aromatic N) is 5. The van der Waals surface area contributed by atoms with Crippen molar-refractivity contribution in [1.82, 2.24) is 14.9 Å². The van der Waals surface area contributed by atoms with Gasteiger partial charge in [-0.05, 0) is 23.8 Å². The summed E-state index contributed by atoms with van der Waals surface area (Å²) in [6.07, 6.45) is 2.24. The Kier molecular flexibility index (Phi) is 6.80. The van der Waals surface area contributed by atoms with Crippen molar-refractivity contribution in [1.29, 1.82) is 0 Å². The molecule has 4 aromatic rings. The second-order valence-corrected chi connectivity index (χ2v) is 8.61. The molecule has 1 aliphatic rings. The fraction of sp³-hybridized carbons (Fsp3) is 0.222. The highest BCUT2D eigenvalue weighted by atomic mass is 16.6. The normalized spacial score (nSPS) is 15.4. The number of amides is 1. The Hall–Kier alpha value is -4.73. The number of rotatable bonds is 8. The van der Waals surface area contributed by atoms with Crippen LogP contribution in [0, 0.1) is 10.1 Å². The van der Waals surface area contributed by atoms with Crippen LogP contribution in [0.15, 0.2) is 73.1 Å². The number of carbonyl (C=O) groups excluding carboxylic acids is 1. The van der Waals surface area contributed by atoms with E-state index in [0.29, 0.717) is 30.9 Å². The molecule has 1 amide bonds. The van der Waals surface area contributed by atoms with Gasteiger partial charge < -0.3 is 19.3 Å². The van der Waals surface area contributed by atoms with Crippen LogP contribution < -0.4 is 14.4 Å². The van der Waals surface area contributed by atoms with E-state index in [1.807, 2.05) is 59.5 Å². The quantitative estimate of drug-likeness (QED) is 0.202. The number of benzene rings is 3. The minimum Gasteiger partial charge on any atom is -0.493 e. The van der Waals surface area contributed by atoms with Crippen LogP contribution in [0.4, 0.5) is 11.5 Å². The zero-order valence-corrected chi connectivity index (χ0v) is 20.2. The Morgan fingerprint density at radius 3 is 2.59 bits per heavy atom. The number of nitro benzene ring substituents is 1. The molecule has 188 valence electrons. The largest absolute Gasteiger partial charge is 0.493 e. The van der Waals surface area contributed by atoms with E-state index in [9.17, 15) is 14.9 Å². The van der Waals surface area contributed by atoms with Crippen molar-refractivity contribution in [3.8, 4) is 11.5 Å². The second kappa shape index (κ2) is 10.5. The lowest BCUT2D eigenvalue weighted by Gasteiger charge is -2.40. The minimum atomic E-state index is -0.600. The van der Waals surface area contributed by atoms with Crippen LogP contribution >= 0.6 is 0 Å². The van der Waals surface area contributed by atoms with E-state index in [4.69, 9.17) is 9.47 Å². The number of anilines is 1. The highest BCUT2D eigenvalue weighted by molar-refractivity contribution is 5.89. The van der Waals surface area contributed by atoms with Gasteiger partial charge in [-0.1, -0.05) is 42.5 Å². The van der Waals surface area contributed by atoms with E-state index in [-0.39, 0.29) is 18.0 Å². The predicted molar refractivity (Wildman–Crippen MR) is 138 cm³/mol. The zero-order chi connectivity index (χ0) is 25.8. The molecule has 0 aliphatic carbocycles. The van der Waals surface area contributed by atoms with Crippen LogP contribution in [-0.4, -0.2) is 52.9 Å². The van der Waals surface area contributed by atoms with Crippen molar-refractivity contribution >= 4 is 28.8 Å². The van der Waals surface area contributed by atoms with Crippen LogP contribution in [0.25, 0.3) is 10.9 Å². The fourth-order valence-corrected chi connectivity index (χ4v) is 4.63. The van der Waals surface area contributed by atoms with E-state index in [0.717, 1.165) is 28.7 Å². The van der Waals surface area contributed by atoms with E-state index in [2.05, 4.69) is 9.97 Å². The molecule has 1 aliphatic heterocycles. The average Bonchev–Trinajstić information content (AvgIpc) is 2.95. The molecular weight excluding hydrogens is 474 g/mol. The molecule has 0 saturated carbocycles. The molecule has 2 heterocycles. The highest BCUT2D eigenvalue weighted by Gasteiger charge is 2.34. The van der Waals surface area contributed by atoms with Crippen LogP contribution in [0.5, 0.6) is 11.5 Å². The maximum atomic E-state index is 12.2.